The molecular formula is C20H25N5OS2. The molecule has 4 rings (SSSR count). The van der Waals surface area contributed by atoms with Crippen molar-refractivity contribution in [2.75, 3.05) is 31.2 Å². The Hall–Kier alpha value is -1.90. The predicted molar refractivity (Wildman–Crippen MR) is 115 cm³/mol. The fraction of sp³-hybridized carbons (Fsp3) is 0.450. The van der Waals surface area contributed by atoms with Gasteiger partial charge in [0.1, 0.15) is 5.01 Å². The monoisotopic (exact) mass is 415 g/mol. The van der Waals surface area contributed by atoms with Crippen molar-refractivity contribution in [1.82, 2.24) is 19.7 Å². The maximum Gasteiger partial charge on any atom is 0.227 e. The van der Waals surface area contributed by atoms with Gasteiger partial charge in [0.2, 0.25) is 5.95 Å². The number of hydrogen-bond acceptors (Lipinski definition) is 7. The lowest BCUT2D eigenvalue weighted by molar-refractivity contribution is 0.121. The molecule has 2 aromatic heterocycles. The molecular weight excluding hydrogens is 390 g/mol. The van der Waals surface area contributed by atoms with E-state index in [0.29, 0.717) is 5.92 Å². The molecule has 0 spiro atoms. The normalized spacial score (nSPS) is 14.8. The summed E-state index contributed by atoms with van der Waals surface area (Å²) in [5, 5.41) is 12.9. The molecule has 3 aromatic rings. The largest absolute Gasteiger partial charge is 0.378 e. The van der Waals surface area contributed by atoms with Crippen molar-refractivity contribution in [3.8, 4) is 10.6 Å². The number of thioether (sulfide) groups is 1. The summed E-state index contributed by atoms with van der Waals surface area (Å²) < 4.78 is 7.48. The molecule has 0 unspecified atom stereocenters. The number of anilines is 1. The van der Waals surface area contributed by atoms with Crippen molar-refractivity contribution in [3.63, 3.8) is 0 Å². The average Bonchev–Trinajstić information content (AvgIpc) is 3.34. The van der Waals surface area contributed by atoms with E-state index in [1.165, 1.54) is 11.1 Å². The number of thiazole rings is 1. The predicted octanol–water partition coefficient (Wildman–Crippen LogP) is 4.19. The molecule has 0 N–H and O–H groups in total. The first-order valence-corrected chi connectivity index (χ1v) is 11.4. The fourth-order valence-electron chi connectivity index (χ4n) is 3.13. The highest BCUT2D eigenvalue weighted by Crippen LogP contribution is 2.29. The summed E-state index contributed by atoms with van der Waals surface area (Å²) in [4.78, 5) is 7.03. The molecule has 28 heavy (non-hydrogen) atoms. The van der Waals surface area contributed by atoms with Crippen molar-refractivity contribution >= 4 is 29.0 Å². The minimum absolute atomic E-state index is 0.547. The Morgan fingerprint density at radius 1 is 1.14 bits per heavy atom. The van der Waals surface area contributed by atoms with E-state index in [1.807, 2.05) is 7.05 Å². The van der Waals surface area contributed by atoms with Crippen LogP contribution in [0.3, 0.4) is 0 Å². The van der Waals surface area contributed by atoms with E-state index in [1.54, 1.807) is 23.1 Å². The van der Waals surface area contributed by atoms with Crippen molar-refractivity contribution in [3.05, 3.63) is 40.9 Å². The second kappa shape index (κ2) is 8.63. The van der Waals surface area contributed by atoms with Crippen LogP contribution in [0.2, 0.25) is 0 Å². The van der Waals surface area contributed by atoms with Gasteiger partial charge in [0.15, 0.2) is 5.16 Å². The number of rotatable bonds is 6. The molecule has 0 atom stereocenters. The Balaban J connectivity index is 1.40. The first-order chi connectivity index (χ1) is 13.6. The average molecular weight is 416 g/mol. The van der Waals surface area contributed by atoms with Crippen LogP contribution in [0, 0.1) is 0 Å². The molecule has 148 valence electrons. The Morgan fingerprint density at radius 2 is 1.89 bits per heavy atom. The summed E-state index contributed by atoms with van der Waals surface area (Å²) in [5.74, 6) is 2.25. The fourth-order valence-corrected chi connectivity index (χ4v) is 4.86. The summed E-state index contributed by atoms with van der Waals surface area (Å²) in [7, 11) is 2.02. The number of benzene rings is 1. The summed E-state index contributed by atoms with van der Waals surface area (Å²) in [5.41, 5.74) is 3.61. The highest BCUT2D eigenvalue weighted by molar-refractivity contribution is 7.98. The highest BCUT2D eigenvalue weighted by atomic mass is 32.2. The summed E-state index contributed by atoms with van der Waals surface area (Å²) in [6.07, 6.45) is 0. The van der Waals surface area contributed by atoms with Gasteiger partial charge >= 0.3 is 0 Å². The van der Waals surface area contributed by atoms with Crippen molar-refractivity contribution in [2.24, 2.45) is 7.05 Å². The van der Waals surface area contributed by atoms with E-state index in [-0.39, 0.29) is 0 Å². The summed E-state index contributed by atoms with van der Waals surface area (Å²) in [6, 6.07) is 8.73. The zero-order chi connectivity index (χ0) is 19.5. The third-order valence-electron chi connectivity index (χ3n) is 4.83. The zero-order valence-corrected chi connectivity index (χ0v) is 18.1. The maximum atomic E-state index is 5.42. The number of morpholine rings is 1. The van der Waals surface area contributed by atoms with Gasteiger partial charge in [-0.15, -0.1) is 21.5 Å². The standard InChI is InChI=1S/C20H25N5OS2/c1-14(2)15-4-6-16(7-5-15)18-21-17(12-27-18)13-28-20-23-22-19(24(20)3)25-8-10-26-11-9-25/h4-7,12,14H,8-11,13H2,1-3H3. The molecule has 0 aliphatic carbocycles. The van der Waals surface area contributed by atoms with Gasteiger partial charge in [-0.25, -0.2) is 4.98 Å². The minimum Gasteiger partial charge on any atom is -0.378 e. The lowest BCUT2D eigenvalue weighted by atomic mass is 10.0. The van der Waals surface area contributed by atoms with Gasteiger partial charge in [-0.1, -0.05) is 49.9 Å². The minimum atomic E-state index is 0.547. The number of ether oxygens (including phenoxy) is 1. The van der Waals surface area contributed by atoms with Crippen LogP contribution in [0.1, 0.15) is 31.0 Å². The number of hydrogen-bond donors (Lipinski definition) is 0. The molecule has 1 saturated heterocycles. The number of nitrogens with zero attached hydrogens (tertiary/aromatic N) is 5. The maximum absolute atomic E-state index is 5.42. The summed E-state index contributed by atoms with van der Waals surface area (Å²) in [6.45, 7) is 7.64. The Labute approximate surface area is 174 Å². The molecule has 0 radical (unpaired) electrons. The van der Waals surface area contributed by atoms with Crippen molar-refractivity contribution in [1.29, 1.82) is 0 Å². The second-order valence-electron chi connectivity index (χ2n) is 7.15. The van der Waals surface area contributed by atoms with E-state index >= 15 is 0 Å². The van der Waals surface area contributed by atoms with Crippen molar-refractivity contribution in [2.45, 2.75) is 30.7 Å². The zero-order valence-electron chi connectivity index (χ0n) is 16.5. The van der Waals surface area contributed by atoms with Gasteiger partial charge < -0.3 is 9.64 Å². The highest BCUT2D eigenvalue weighted by Gasteiger charge is 2.18. The molecule has 1 aromatic carbocycles. The Morgan fingerprint density at radius 3 is 2.61 bits per heavy atom. The Kier molecular flexibility index (Phi) is 5.99. The number of aromatic nitrogens is 4. The van der Waals surface area contributed by atoms with Crippen molar-refractivity contribution < 1.29 is 4.74 Å². The van der Waals surface area contributed by atoms with Crippen LogP contribution in [0.4, 0.5) is 5.95 Å². The van der Waals surface area contributed by atoms with E-state index in [0.717, 1.165) is 53.9 Å². The van der Waals surface area contributed by atoms with Crippen LogP contribution < -0.4 is 4.90 Å². The molecule has 1 aliphatic rings. The van der Waals surface area contributed by atoms with Gasteiger partial charge in [-0.2, -0.15) is 0 Å². The van der Waals surface area contributed by atoms with Crippen LogP contribution in [0.15, 0.2) is 34.8 Å². The molecule has 8 heteroatoms. The third-order valence-corrected chi connectivity index (χ3v) is 6.83. The van der Waals surface area contributed by atoms with E-state index in [2.05, 4.69) is 63.2 Å². The smallest absolute Gasteiger partial charge is 0.227 e. The lowest BCUT2D eigenvalue weighted by Crippen LogP contribution is -2.37. The Bertz CT molecular complexity index is 913. The SMILES string of the molecule is CC(C)c1ccc(-c2nc(CSc3nnc(N4CCOCC4)n3C)cs2)cc1. The van der Waals surface area contributed by atoms with Crippen LogP contribution in [0.25, 0.3) is 10.6 Å². The van der Waals surface area contributed by atoms with Crippen LogP contribution in [0.5, 0.6) is 0 Å². The second-order valence-corrected chi connectivity index (χ2v) is 8.95. The van der Waals surface area contributed by atoms with Gasteiger partial charge in [-0.05, 0) is 11.5 Å². The molecule has 6 nitrogen and oxygen atoms in total. The third kappa shape index (κ3) is 4.24. The van der Waals surface area contributed by atoms with E-state index in [4.69, 9.17) is 9.72 Å². The topological polar surface area (TPSA) is 56.1 Å². The van der Waals surface area contributed by atoms with Crippen LogP contribution in [-0.2, 0) is 17.5 Å². The molecule has 0 amide bonds. The van der Waals surface area contributed by atoms with Gasteiger partial charge in [-0.3, -0.25) is 4.57 Å². The lowest BCUT2D eigenvalue weighted by Gasteiger charge is -2.27. The first-order valence-electron chi connectivity index (χ1n) is 9.51. The van der Waals surface area contributed by atoms with Gasteiger partial charge in [0.25, 0.3) is 0 Å². The van der Waals surface area contributed by atoms with Crippen LogP contribution >= 0.6 is 23.1 Å². The molecule has 0 saturated carbocycles. The summed E-state index contributed by atoms with van der Waals surface area (Å²) >= 11 is 3.37. The molecule has 3 heterocycles. The van der Waals surface area contributed by atoms with Gasteiger partial charge in [0, 0.05) is 36.8 Å². The molecule has 1 fully saturated rings. The van der Waals surface area contributed by atoms with E-state index < -0.39 is 0 Å². The van der Waals surface area contributed by atoms with Gasteiger partial charge in [0.05, 0.1) is 18.9 Å². The molecule has 1 aliphatic heterocycles. The quantitative estimate of drug-likeness (QED) is 0.563. The van der Waals surface area contributed by atoms with Crippen LogP contribution in [-0.4, -0.2) is 46.1 Å². The molecule has 0 bridgehead atoms. The van der Waals surface area contributed by atoms with E-state index in [9.17, 15) is 0 Å². The first kappa shape index (κ1) is 19.4.